The molecule has 0 bridgehead atoms. The van der Waals surface area contributed by atoms with Crippen molar-refractivity contribution in [2.45, 2.75) is 82.9 Å². The van der Waals surface area contributed by atoms with Gasteiger partial charge in [0.2, 0.25) is 11.9 Å². The van der Waals surface area contributed by atoms with Crippen molar-refractivity contribution < 1.29 is 17.9 Å². The fourth-order valence-corrected chi connectivity index (χ4v) is 7.00. The number of aromatic nitrogens is 4. The lowest BCUT2D eigenvalue weighted by Crippen LogP contribution is -2.37. The van der Waals surface area contributed by atoms with Crippen molar-refractivity contribution in [3.8, 4) is 5.75 Å². The SMILES string of the molecule is BCC(=O)N1CCC(c2cc(OC(C)C)c(Nc3nc(Nc4ccccc4S(=O)(=O)C(C)C)c4c(C)n[nH]c4n3)cc2C)CC1. The Bertz CT molecular complexity index is 1820. The molecule has 0 spiro atoms. The molecule has 3 heterocycles. The third-order valence-corrected chi connectivity index (χ3v) is 10.4. The van der Waals surface area contributed by atoms with Gasteiger partial charge in [-0.05, 0) is 102 Å². The van der Waals surface area contributed by atoms with Crippen LogP contribution in [-0.2, 0) is 14.6 Å². The number of amides is 1. The number of carbonyl (C=O) groups is 1. The second-order valence-corrected chi connectivity index (χ2v) is 14.6. The van der Waals surface area contributed by atoms with Crippen LogP contribution < -0.4 is 15.4 Å². The number of carbonyl (C=O) groups excluding carboxylic acids is 1. The summed E-state index contributed by atoms with van der Waals surface area (Å²) in [5.41, 5.74) is 4.65. The molecule has 1 aliphatic heterocycles. The van der Waals surface area contributed by atoms with Crippen LogP contribution in [0, 0.1) is 13.8 Å². The normalized spacial score (nSPS) is 14.4. The highest BCUT2D eigenvalue weighted by molar-refractivity contribution is 7.92. The van der Waals surface area contributed by atoms with E-state index in [4.69, 9.17) is 14.7 Å². The predicted octanol–water partition coefficient (Wildman–Crippen LogP) is 5.18. The van der Waals surface area contributed by atoms with E-state index in [1.54, 1.807) is 38.1 Å². The number of H-pyrrole nitrogens is 1. The Labute approximate surface area is 265 Å². The quantitative estimate of drug-likeness (QED) is 0.202. The molecule has 45 heavy (non-hydrogen) atoms. The van der Waals surface area contributed by atoms with Crippen molar-refractivity contribution in [1.29, 1.82) is 0 Å². The predicted molar refractivity (Wildman–Crippen MR) is 181 cm³/mol. The van der Waals surface area contributed by atoms with Crippen molar-refractivity contribution in [1.82, 2.24) is 25.1 Å². The molecule has 0 aliphatic carbocycles. The lowest BCUT2D eigenvalue weighted by molar-refractivity contribution is -0.129. The van der Waals surface area contributed by atoms with Crippen LogP contribution in [-0.4, -0.2) is 71.7 Å². The third kappa shape index (κ3) is 6.78. The Morgan fingerprint density at radius 1 is 1.07 bits per heavy atom. The van der Waals surface area contributed by atoms with E-state index in [9.17, 15) is 13.2 Å². The molecule has 11 nitrogen and oxygen atoms in total. The van der Waals surface area contributed by atoms with Gasteiger partial charge in [-0.25, -0.2) is 8.42 Å². The zero-order valence-corrected chi connectivity index (χ0v) is 27.9. The molecular formula is C32H42BN7O4S. The topological polar surface area (TPSA) is 142 Å². The van der Waals surface area contributed by atoms with E-state index in [1.165, 1.54) is 5.56 Å². The van der Waals surface area contributed by atoms with Gasteiger partial charge in [-0.1, -0.05) is 12.1 Å². The largest absolute Gasteiger partial charge is 0.489 e. The number of fused-ring (bicyclic) bond motifs is 1. The van der Waals surface area contributed by atoms with Crippen molar-refractivity contribution in [3.05, 3.63) is 53.2 Å². The van der Waals surface area contributed by atoms with Crippen molar-refractivity contribution in [2.24, 2.45) is 0 Å². The van der Waals surface area contributed by atoms with Crippen molar-refractivity contribution >= 4 is 57.8 Å². The van der Waals surface area contributed by atoms with Crippen LogP contribution in [0.2, 0.25) is 6.32 Å². The van der Waals surface area contributed by atoms with Crippen LogP contribution in [0.3, 0.4) is 0 Å². The first-order valence-electron chi connectivity index (χ1n) is 15.6. The van der Waals surface area contributed by atoms with E-state index >= 15 is 0 Å². The summed E-state index contributed by atoms with van der Waals surface area (Å²) in [6.07, 6.45) is 2.27. The van der Waals surface area contributed by atoms with Gasteiger partial charge in [0.1, 0.15) is 19.4 Å². The minimum absolute atomic E-state index is 0.0691. The molecule has 3 N–H and O–H groups in total. The average molecular weight is 632 g/mol. The molecule has 4 aromatic rings. The number of nitrogens with zero attached hydrogens (tertiary/aromatic N) is 4. The second-order valence-electron chi connectivity index (χ2n) is 12.1. The van der Waals surface area contributed by atoms with Crippen LogP contribution in [0.25, 0.3) is 11.0 Å². The smallest absolute Gasteiger partial charge is 0.231 e. The zero-order chi connectivity index (χ0) is 32.5. The first-order valence-corrected chi connectivity index (χ1v) is 17.1. The molecule has 5 rings (SSSR count). The molecule has 2 aromatic heterocycles. The number of hydrogen-bond acceptors (Lipinski definition) is 9. The molecule has 1 fully saturated rings. The molecular weight excluding hydrogens is 589 g/mol. The van der Waals surface area contributed by atoms with Crippen molar-refractivity contribution in [3.63, 3.8) is 0 Å². The molecule has 1 amide bonds. The maximum Gasteiger partial charge on any atom is 0.231 e. The Kier molecular flexibility index (Phi) is 9.38. The summed E-state index contributed by atoms with van der Waals surface area (Å²) in [7, 11) is -1.65. The van der Waals surface area contributed by atoms with Gasteiger partial charge in [0.15, 0.2) is 15.5 Å². The Morgan fingerprint density at radius 2 is 1.78 bits per heavy atom. The lowest BCUT2D eigenvalue weighted by atomic mass is 9.86. The maximum absolute atomic E-state index is 13.2. The van der Waals surface area contributed by atoms with E-state index in [1.807, 2.05) is 33.5 Å². The Balaban J connectivity index is 1.50. The van der Waals surface area contributed by atoms with Crippen LogP contribution in [0.5, 0.6) is 5.75 Å². The molecule has 0 atom stereocenters. The number of ether oxygens (including phenoxy) is 1. The van der Waals surface area contributed by atoms with Gasteiger partial charge in [-0.3, -0.25) is 9.89 Å². The maximum atomic E-state index is 13.2. The number of piperidine rings is 1. The minimum Gasteiger partial charge on any atom is -0.489 e. The third-order valence-electron chi connectivity index (χ3n) is 8.23. The summed E-state index contributed by atoms with van der Waals surface area (Å²) in [6.45, 7) is 12.7. The van der Waals surface area contributed by atoms with Gasteiger partial charge in [0, 0.05) is 13.1 Å². The van der Waals surface area contributed by atoms with E-state index < -0.39 is 15.1 Å². The highest BCUT2D eigenvalue weighted by Gasteiger charge is 2.26. The number of aromatic amines is 1. The molecule has 0 radical (unpaired) electrons. The number of sulfone groups is 1. The van der Waals surface area contributed by atoms with Crippen LogP contribution in [0.15, 0.2) is 41.3 Å². The molecule has 0 saturated carbocycles. The summed E-state index contributed by atoms with van der Waals surface area (Å²) in [4.78, 5) is 23.9. The van der Waals surface area contributed by atoms with Gasteiger partial charge in [-0.2, -0.15) is 15.1 Å². The standard InChI is InChI=1S/C32H42BN7O4S/c1-18(2)44-26-16-23(22-11-13-40(14-12-22)28(41)17-33)20(5)15-25(26)35-32-36-30(29-21(6)38-39-31(29)37-32)34-24-9-7-8-10-27(24)45(42,43)19(3)4/h7-10,15-16,18-19,22H,11-14,17,33H2,1-6H3,(H3,34,35,36,37,38,39). The fraction of sp³-hybridized carbons (Fsp3) is 0.438. The second kappa shape index (κ2) is 13.1. The Hall–Kier alpha value is -4.13. The number of hydrogen-bond donors (Lipinski definition) is 3. The molecule has 0 unspecified atom stereocenters. The summed E-state index contributed by atoms with van der Waals surface area (Å²) < 4.78 is 32.6. The molecule has 2 aromatic carbocycles. The summed E-state index contributed by atoms with van der Waals surface area (Å²) in [5, 5.41) is 14.0. The highest BCUT2D eigenvalue weighted by Crippen LogP contribution is 2.39. The van der Waals surface area contributed by atoms with Gasteiger partial charge >= 0.3 is 0 Å². The van der Waals surface area contributed by atoms with Crippen molar-refractivity contribution in [2.75, 3.05) is 23.7 Å². The number of benzene rings is 2. The average Bonchev–Trinajstić information content (AvgIpc) is 3.38. The van der Waals surface area contributed by atoms with Gasteiger partial charge < -0.3 is 20.3 Å². The molecule has 238 valence electrons. The van der Waals surface area contributed by atoms with E-state index in [0.29, 0.717) is 57.9 Å². The fourth-order valence-electron chi connectivity index (χ4n) is 5.80. The molecule has 13 heteroatoms. The summed E-state index contributed by atoms with van der Waals surface area (Å²) >= 11 is 0. The summed E-state index contributed by atoms with van der Waals surface area (Å²) in [5.74, 6) is 1.94. The molecule has 1 aliphatic rings. The number of nitrogens with one attached hydrogen (secondary N) is 3. The lowest BCUT2D eigenvalue weighted by Gasteiger charge is -2.33. The zero-order valence-electron chi connectivity index (χ0n) is 27.1. The van der Waals surface area contributed by atoms with Crippen LogP contribution >= 0.6 is 0 Å². The first kappa shape index (κ1) is 32.3. The first-order chi connectivity index (χ1) is 21.4. The number of para-hydroxylation sites is 1. The van der Waals surface area contributed by atoms with Gasteiger partial charge in [-0.15, -0.1) is 0 Å². The number of anilines is 4. The van der Waals surface area contributed by atoms with Gasteiger partial charge in [0.05, 0.1) is 38.7 Å². The summed E-state index contributed by atoms with van der Waals surface area (Å²) in [6, 6.07) is 11.0. The highest BCUT2D eigenvalue weighted by atomic mass is 32.2. The van der Waals surface area contributed by atoms with Crippen LogP contribution in [0.4, 0.5) is 23.1 Å². The minimum atomic E-state index is -3.56. The van der Waals surface area contributed by atoms with Gasteiger partial charge in [0.25, 0.3) is 0 Å². The number of aryl methyl sites for hydroxylation is 2. The number of rotatable bonds is 10. The molecule has 1 saturated heterocycles. The van der Waals surface area contributed by atoms with E-state index in [-0.39, 0.29) is 16.9 Å². The van der Waals surface area contributed by atoms with E-state index in [0.717, 1.165) is 31.5 Å². The Morgan fingerprint density at radius 3 is 2.44 bits per heavy atom. The van der Waals surface area contributed by atoms with Crippen LogP contribution in [0.1, 0.15) is 63.3 Å². The number of likely N-dealkylation sites (tertiary alicyclic amines) is 1. The van der Waals surface area contributed by atoms with E-state index in [2.05, 4.69) is 39.9 Å². The monoisotopic (exact) mass is 631 g/mol.